The molecule has 1 rings (SSSR count). The summed E-state index contributed by atoms with van der Waals surface area (Å²) in [6.07, 6.45) is 7.09. The average Bonchev–Trinajstić information content (AvgIpc) is 2.41. The highest BCUT2D eigenvalue weighted by Gasteiger charge is 2.14. The molecule has 4 heteroatoms. The summed E-state index contributed by atoms with van der Waals surface area (Å²) in [6, 6.07) is 0.586. The largest absolute Gasteiger partial charge is 0.389 e. The van der Waals surface area contributed by atoms with E-state index in [1.54, 1.807) is 0 Å². The number of rotatable bonds is 10. The molecule has 2 atom stereocenters. The van der Waals surface area contributed by atoms with E-state index in [0.29, 0.717) is 19.2 Å². The standard InChI is InChI=1S/C14H29NO2S/c1-2-3-4-5-8-17-11-14(16)10-15-13-7-6-9-18-12-13/h13-16H,2-12H2,1H3. The van der Waals surface area contributed by atoms with Crippen LogP contribution in [0.5, 0.6) is 0 Å². The fourth-order valence-corrected chi connectivity index (χ4v) is 3.22. The molecule has 1 saturated heterocycles. The lowest BCUT2D eigenvalue weighted by Crippen LogP contribution is -2.40. The summed E-state index contributed by atoms with van der Waals surface area (Å²) >= 11 is 2.01. The van der Waals surface area contributed by atoms with Gasteiger partial charge in [-0.25, -0.2) is 0 Å². The summed E-state index contributed by atoms with van der Waals surface area (Å²) in [5, 5.41) is 13.2. The molecular weight excluding hydrogens is 246 g/mol. The van der Waals surface area contributed by atoms with Crippen molar-refractivity contribution in [3.8, 4) is 0 Å². The Hall–Kier alpha value is 0.230. The van der Waals surface area contributed by atoms with Gasteiger partial charge < -0.3 is 15.2 Å². The van der Waals surface area contributed by atoms with E-state index in [9.17, 15) is 5.11 Å². The number of thioether (sulfide) groups is 1. The smallest absolute Gasteiger partial charge is 0.0897 e. The fraction of sp³-hybridized carbons (Fsp3) is 1.00. The van der Waals surface area contributed by atoms with Crippen molar-refractivity contribution >= 4 is 11.8 Å². The lowest BCUT2D eigenvalue weighted by molar-refractivity contribution is 0.0343. The first kappa shape index (κ1) is 16.3. The maximum atomic E-state index is 9.79. The number of ether oxygens (including phenoxy) is 1. The Morgan fingerprint density at radius 1 is 1.39 bits per heavy atom. The zero-order chi connectivity index (χ0) is 13.1. The average molecular weight is 275 g/mol. The second kappa shape index (κ2) is 11.1. The summed E-state index contributed by atoms with van der Waals surface area (Å²) in [5.41, 5.74) is 0. The Morgan fingerprint density at radius 3 is 3.00 bits per heavy atom. The molecule has 2 unspecified atom stereocenters. The van der Waals surface area contributed by atoms with Crippen LogP contribution in [0, 0.1) is 0 Å². The maximum absolute atomic E-state index is 9.79. The van der Waals surface area contributed by atoms with Gasteiger partial charge in [-0.2, -0.15) is 11.8 Å². The summed E-state index contributed by atoms with van der Waals surface area (Å²) in [5.74, 6) is 2.48. The van der Waals surface area contributed by atoms with Crippen molar-refractivity contribution in [1.29, 1.82) is 0 Å². The molecule has 0 amide bonds. The van der Waals surface area contributed by atoms with E-state index in [1.807, 2.05) is 11.8 Å². The van der Waals surface area contributed by atoms with E-state index in [1.165, 1.54) is 43.6 Å². The number of hydrogen-bond acceptors (Lipinski definition) is 4. The van der Waals surface area contributed by atoms with E-state index in [2.05, 4.69) is 12.2 Å². The number of hydrogen-bond donors (Lipinski definition) is 2. The SMILES string of the molecule is CCCCCCOCC(O)CNC1CCCSC1. The summed E-state index contributed by atoms with van der Waals surface area (Å²) in [4.78, 5) is 0. The minimum absolute atomic E-state index is 0.358. The van der Waals surface area contributed by atoms with Gasteiger partial charge in [-0.05, 0) is 25.0 Å². The second-order valence-corrected chi connectivity index (χ2v) is 6.26. The highest BCUT2D eigenvalue weighted by atomic mass is 32.2. The lowest BCUT2D eigenvalue weighted by Gasteiger charge is -2.23. The normalized spacial score (nSPS) is 22.0. The van der Waals surface area contributed by atoms with Gasteiger partial charge in [-0.15, -0.1) is 0 Å². The zero-order valence-corrected chi connectivity index (χ0v) is 12.5. The predicted molar refractivity (Wildman–Crippen MR) is 79.3 cm³/mol. The molecule has 0 aromatic rings. The van der Waals surface area contributed by atoms with Gasteiger partial charge in [0, 0.05) is 24.9 Å². The van der Waals surface area contributed by atoms with Gasteiger partial charge >= 0.3 is 0 Å². The van der Waals surface area contributed by atoms with Crippen LogP contribution in [0.1, 0.15) is 45.4 Å². The lowest BCUT2D eigenvalue weighted by atomic mass is 10.2. The molecule has 108 valence electrons. The van der Waals surface area contributed by atoms with Crippen molar-refractivity contribution in [2.75, 3.05) is 31.3 Å². The van der Waals surface area contributed by atoms with Crippen molar-refractivity contribution in [2.45, 2.75) is 57.6 Å². The minimum atomic E-state index is -0.358. The van der Waals surface area contributed by atoms with Gasteiger partial charge in [-0.1, -0.05) is 26.2 Å². The van der Waals surface area contributed by atoms with Gasteiger partial charge in [-0.3, -0.25) is 0 Å². The topological polar surface area (TPSA) is 41.5 Å². The Labute approximate surface area is 116 Å². The quantitative estimate of drug-likeness (QED) is 0.601. The van der Waals surface area contributed by atoms with Crippen LogP contribution < -0.4 is 5.32 Å². The van der Waals surface area contributed by atoms with Gasteiger partial charge in [0.1, 0.15) is 0 Å². The van der Waals surface area contributed by atoms with E-state index in [4.69, 9.17) is 4.74 Å². The maximum Gasteiger partial charge on any atom is 0.0897 e. The van der Waals surface area contributed by atoms with Crippen molar-refractivity contribution in [2.24, 2.45) is 0 Å². The molecule has 0 radical (unpaired) electrons. The van der Waals surface area contributed by atoms with Crippen LogP contribution in [0.15, 0.2) is 0 Å². The summed E-state index contributed by atoms with van der Waals surface area (Å²) in [6.45, 7) is 4.13. The van der Waals surface area contributed by atoms with Crippen LogP contribution >= 0.6 is 11.8 Å². The van der Waals surface area contributed by atoms with E-state index >= 15 is 0 Å². The minimum Gasteiger partial charge on any atom is -0.389 e. The second-order valence-electron chi connectivity index (χ2n) is 5.11. The molecule has 1 heterocycles. The molecule has 18 heavy (non-hydrogen) atoms. The molecular formula is C14H29NO2S. The highest BCUT2D eigenvalue weighted by Crippen LogP contribution is 2.16. The van der Waals surface area contributed by atoms with Crippen LogP contribution in [-0.4, -0.2) is 48.5 Å². The third-order valence-corrected chi connectivity index (χ3v) is 4.47. The van der Waals surface area contributed by atoms with Gasteiger partial charge in [0.2, 0.25) is 0 Å². The molecule has 0 aliphatic carbocycles. The third-order valence-electron chi connectivity index (χ3n) is 3.25. The number of nitrogens with one attached hydrogen (secondary N) is 1. The highest BCUT2D eigenvalue weighted by molar-refractivity contribution is 7.99. The predicted octanol–water partition coefficient (Wildman–Crippen LogP) is 2.43. The van der Waals surface area contributed by atoms with Crippen molar-refractivity contribution < 1.29 is 9.84 Å². The molecule has 1 fully saturated rings. The Balaban J connectivity index is 1.88. The first-order chi connectivity index (χ1) is 8.83. The van der Waals surface area contributed by atoms with Crippen LogP contribution in [0.3, 0.4) is 0 Å². The summed E-state index contributed by atoms with van der Waals surface area (Å²) < 4.78 is 5.49. The Bertz CT molecular complexity index is 187. The third kappa shape index (κ3) is 8.35. The van der Waals surface area contributed by atoms with Crippen LogP contribution in [0.4, 0.5) is 0 Å². The molecule has 1 aliphatic heterocycles. The molecule has 0 aromatic heterocycles. The molecule has 0 aromatic carbocycles. The van der Waals surface area contributed by atoms with Crippen molar-refractivity contribution in [3.05, 3.63) is 0 Å². The first-order valence-electron chi connectivity index (χ1n) is 7.40. The molecule has 3 nitrogen and oxygen atoms in total. The molecule has 0 saturated carbocycles. The van der Waals surface area contributed by atoms with Gasteiger partial charge in [0.05, 0.1) is 12.7 Å². The Morgan fingerprint density at radius 2 is 2.28 bits per heavy atom. The Kier molecular flexibility index (Phi) is 10.0. The fourth-order valence-electron chi connectivity index (χ4n) is 2.11. The van der Waals surface area contributed by atoms with Crippen LogP contribution in [-0.2, 0) is 4.74 Å². The van der Waals surface area contributed by atoms with Gasteiger partial charge in [0.15, 0.2) is 0 Å². The van der Waals surface area contributed by atoms with Crippen LogP contribution in [0.25, 0.3) is 0 Å². The zero-order valence-electron chi connectivity index (χ0n) is 11.7. The summed E-state index contributed by atoms with van der Waals surface area (Å²) in [7, 11) is 0. The van der Waals surface area contributed by atoms with E-state index < -0.39 is 0 Å². The molecule has 2 N–H and O–H groups in total. The number of aliphatic hydroxyl groups is 1. The van der Waals surface area contributed by atoms with Crippen LogP contribution in [0.2, 0.25) is 0 Å². The van der Waals surface area contributed by atoms with Crippen molar-refractivity contribution in [1.82, 2.24) is 5.32 Å². The van der Waals surface area contributed by atoms with E-state index in [-0.39, 0.29) is 6.10 Å². The molecule has 1 aliphatic rings. The first-order valence-corrected chi connectivity index (χ1v) is 8.55. The monoisotopic (exact) mass is 275 g/mol. The van der Waals surface area contributed by atoms with E-state index in [0.717, 1.165) is 13.0 Å². The molecule has 0 spiro atoms. The van der Waals surface area contributed by atoms with Gasteiger partial charge in [0.25, 0.3) is 0 Å². The number of aliphatic hydroxyl groups excluding tert-OH is 1. The number of unbranched alkanes of at least 4 members (excludes halogenated alkanes) is 3. The molecule has 0 bridgehead atoms. The van der Waals surface area contributed by atoms with Crippen molar-refractivity contribution in [3.63, 3.8) is 0 Å².